The van der Waals surface area contributed by atoms with Crippen LogP contribution < -0.4 is 16.0 Å². The van der Waals surface area contributed by atoms with Gasteiger partial charge >= 0.3 is 0 Å². The van der Waals surface area contributed by atoms with E-state index in [0.29, 0.717) is 38.6 Å². The van der Waals surface area contributed by atoms with Gasteiger partial charge in [0.1, 0.15) is 28.7 Å². The van der Waals surface area contributed by atoms with Crippen LogP contribution in [0.25, 0.3) is 0 Å². The van der Waals surface area contributed by atoms with Crippen LogP contribution in [0.4, 0.5) is 0 Å². The molecule has 0 bridgehead atoms. The third-order valence-corrected chi connectivity index (χ3v) is 10.5. The van der Waals surface area contributed by atoms with Crippen LogP contribution in [-0.4, -0.2) is 63.9 Å². The number of amides is 4. The highest BCUT2D eigenvalue weighted by Crippen LogP contribution is 2.38. The summed E-state index contributed by atoms with van der Waals surface area (Å²) in [5.41, 5.74) is 0.443. The zero-order valence-corrected chi connectivity index (χ0v) is 24.9. The number of unbranched alkanes of at least 4 members (excludes halogenated alkanes) is 2. The van der Waals surface area contributed by atoms with E-state index < -0.39 is 23.7 Å². The van der Waals surface area contributed by atoms with E-state index >= 15 is 0 Å². The lowest BCUT2D eigenvalue weighted by Crippen LogP contribution is -2.64. The zero-order valence-electron chi connectivity index (χ0n) is 23.3. The van der Waals surface area contributed by atoms with Crippen molar-refractivity contribution >= 4 is 45.2 Å². The predicted molar refractivity (Wildman–Crippen MR) is 160 cm³/mol. The molecule has 4 atom stereocenters. The van der Waals surface area contributed by atoms with Crippen LogP contribution >= 0.6 is 21.6 Å². The Morgan fingerprint density at radius 1 is 1.00 bits per heavy atom. The molecule has 41 heavy (non-hydrogen) atoms. The Balaban J connectivity index is 1.30. The maximum absolute atomic E-state index is 13.9. The van der Waals surface area contributed by atoms with Crippen molar-refractivity contribution in [3.8, 4) is 0 Å². The molecule has 2 aliphatic heterocycles. The topological polar surface area (TPSA) is 120 Å². The molecule has 3 heterocycles. The summed E-state index contributed by atoms with van der Waals surface area (Å²) >= 11 is 0. The van der Waals surface area contributed by atoms with Crippen molar-refractivity contribution in [1.82, 2.24) is 25.8 Å². The molecule has 9 nitrogen and oxygen atoms in total. The Bertz CT molecular complexity index is 1280. The first kappa shape index (κ1) is 29.4. The second-order valence-electron chi connectivity index (χ2n) is 10.9. The van der Waals surface area contributed by atoms with Gasteiger partial charge in [0, 0.05) is 18.5 Å². The second-order valence-corrected chi connectivity index (χ2v) is 13.4. The van der Waals surface area contributed by atoms with E-state index in [1.54, 1.807) is 39.6 Å². The van der Waals surface area contributed by atoms with Crippen molar-refractivity contribution in [3.63, 3.8) is 0 Å². The fourth-order valence-electron chi connectivity index (χ4n) is 5.99. The van der Waals surface area contributed by atoms with Gasteiger partial charge in [-0.05, 0) is 79.5 Å². The lowest BCUT2D eigenvalue weighted by molar-refractivity contribution is -0.144. The molecule has 2 aromatic rings. The number of benzene rings is 1. The van der Waals surface area contributed by atoms with E-state index in [4.69, 9.17) is 0 Å². The first-order valence-electron chi connectivity index (χ1n) is 14.4. The largest absolute Gasteiger partial charge is 0.343 e. The SMILES string of the molecule is C[C@@H]1NC(=O)[C@@]2(CCc3ccccc32)NC(=O)[C@H](CCCCCSSc2ccccn2)NC(=O)[C@H]2CCCN2C1=O. The molecular weight excluding hydrogens is 558 g/mol. The molecule has 218 valence electrons. The van der Waals surface area contributed by atoms with E-state index in [0.717, 1.165) is 41.2 Å². The minimum Gasteiger partial charge on any atom is -0.343 e. The van der Waals surface area contributed by atoms with Gasteiger partial charge in [-0.3, -0.25) is 19.2 Å². The second kappa shape index (κ2) is 13.3. The number of nitrogens with zero attached hydrogens (tertiary/aromatic N) is 2. The summed E-state index contributed by atoms with van der Waals surface area (Å²) in [7, 11) is 3.40. The molecule has 4 amide bonds. The van der Waals surface area contributed by atoms with Crippen molar-refractivity contribution in [2.75, 3.05) is 12.3 Å². The third-order valence-electron chi connectivity index (χ3n) is 8.16. The molecule has 11 heteroatoms. The van der Waals surface area contributed by atoms with Crippen LogP contribution in [-0.2, 0) is 31.1 Å². The lowest BCUT2D eigenvalue weighted by Gasteiger charge is -2.36. The average molecular weight is 596 g/mol. The molecule has 1 aliphatic carbocycles. The fraction of sp³-hybridized carbons (Fsp3) is 0.500. The Hall–Kier alpha value is -3.05. The third kappa shape index (κ3) is 6.56. The first-order valence-corrected chi connectivity index (χ1v) is 16.7. The molecule has 0 unspecified atom stereocenters. The normalized spacial score (nSPS) is 26.5. The molecule has 1 aromatic carbocycles. The molecule has 5 rings (SSSR count). The maximum Gasteiger partial charge on any atom is 0.251 e. The number of carbonyl (C=O) groups is 4. The van der Waals surface area contributed by atoms with Crippen LogP contribution in [0.1, 0.15) is 63.0 Å². The van der Waals surface area contributed by atoms with Gasteiger partial charge < -0.3 is 20.9 Å². The highest BCUT2D eigenvalue weighted by Gasteiger charge is 2.49. The number of nitrogens with one attached hydrogen (secondary N) is 3. The summed E-state index contributed by atoms with van der Waals surface area (Å²) in [6.07, 6.45) is 7.10. The van der Waals surface area contributed by atoms with Crippen molar-refractivity contribution in [2.24, 2.45) is 0 Å². The van der Waals surface area contributed by atoms with E-state index in [9.17, 15) is 19.2 Å². The van der Waals surface area contributed by atoms with Gasteiger partial charge in [0.25, 0.3) is 5.91 Å². The first-order chi connectivity index (χ1) is 19.9. The molecular formula is C30H37N5O4S2. The van der Waals surface area contributed by atoms with Gasteiger partial charge in [-0.15, -0.1) is 0 Å². The number of aryl methyl sites for hydroxylation is 1. The monoisotopic (exact) mass is 595 g/mol. The van der Waals surface area contributed by atoms with Gasteiger partial charge in [-0.25, -0.2) is 4.98 Å². The van der Waals surface area contributed by atoms with Crippen LogP contribution in [0.15, 0.2) is 53.7 Å². The number of rotatable bonds is 8. The van der Waals surface area contributed by atoms with Crippen molar-refractivity contribution in [3.05, 3.63) is 59.8 Å². The van der Waals surface area contributed by atoms with E-state index in [1.165, 1.54) is 0 Å². The molecule has 1 spiro atoms. The Kier molecular flexibility index (Phi) is 9.54. The average Bonchev–Trinajstić information content (AvgIpc) is 3.62. The minimum absolute atomic E-state index is 0.276. The smallest absolute Gasteiger partial charge is 0.251 e. The Morgan fingerprint density at radius 2 is 1.83 bits per heavy atom. The zero-order chi connectivity index (χ0) is 28.8. The number of carbonyl (C=O) groups excluding carboxylic acids is 4. The van der Waals surface area contributed by atoms with Crippen LogP contribution in [0.2, 0.25) is 0 Å². The fourth-order valence-corrected chi connectivity index (χ4v) is 8.01. The van der Waals surface area contributed by atoms with Crippen molar-refractivity contribution in [2.45, 2.75) is 87.0 Å². The number of hydrogen-bond donors (Lipinski definition) is 3. The minimum atomic E-state index is -1.30. The standard InChI is InChI=1S/C30H37N5O4S2/c1-20-28(38)35-18-9-13-24(35)27(37)33-23(12-3-2-8-19-40-41-25-14-6-7-17-31-25)26(36)34-30(29(39)32-20)16-15-21-10-4-5-11-22(21)30/h4-7,10-11,14,17,20,23-24H,2-3,8-9,12-13,15-16,18-19H2,1H3,(H,32,39)(H,33,37)(H,34,36)/t20-,23-,24+,30-/m0/s1. The van der Waals surface area contributed by atoms with E-state index in [-0.39, 0.29) is 23.6 Å². The lowest BCUT2D eigenvalue weighted by atomic mass is 9.89. The van der Waals surface area contributed by atoms with Crippen molar-refractivity contribution < 1.29 is 19.2 Å². The van der Waals surface area contributed by atoms with Crippen LogP contribution in [0.5, 0.6) is 0 Å². The summed E-state index contributed by atoms with van der Waals surface area (Å²) < 4.78 is 0. The van der Waals surface area contributed by atoms with Gasteiger partial charge in [0.2, 0.25) is 17.7 Å². The van der Waals surface area contributed by atoms with E-state index in [1.807, 2.05) is 42.5 Å². The molecule has 2 fully saturated rings. The Labute approximate surface area is 248 Å². The highest BCUT2D eigenvalue weighted by molar-refractivity contribution is 8.76. The molecule has 3 aliphatic rings. The Morgan fingerprint density at radius 3 is 2.66 bits per heavy atom. The molecule has 1 aromatic heterocycles. The van der Waals surface area contributed by atoms with Gasteiger partial charge in [-0.2, -0.15) is 0 Å². The summed E-state index contributed by atoms with van der Waals surface area (Å²) in [4.78, 5) is 60.4. The number of fused-ring (bicyclic) bond motifs is 3. The van der Waals surface area contributed by atoms with E-state index in [2.05, 4.69) is 20.9 Å². The summed E-state index contributed by atoms with van der Waals surface area (Å²) in [6.45, 7) is 2.10. The summed E-state index contributed by atoms with van der Waals surface area (Å²) in [6, 6.07) is 11.2. The van der Waals surface area contributed by atoms with Gasteiger partial charge in [-0.1, -0.05) is 54.0 Å². The highest BCUT2D eigenvalue weighted by atomic mass is 33.1. The summed E-state index contributed by atoms with van der Waals surface area (Å²) in [5.74, 6) is -0.392. The molecule has 2 saturated heterocycles. The molecule has 3 N–H and O–H groups in total. The van der Waals surface area contributed by atoms with Gasteiger partial charge in [0.15, 0.2) is 0 Å². The van der Waals surface area contributed by atoms with Crippen LogP contribution in [0, 0.1) is 0 Å². The van der Waals surface area contributed by atoms with Crippen molar-refractivity contribution in [1.29, 1.82) is 0 Å². The van der Waals surface area contributed by atoms with Gasteiger partial charge in [0.05, 0.1) is 0 Å². The summed E-state index contributed by atoms with van der Waals surface area (Å²) in [5, 5.41) is 9.88. The molecule has 0 radical (unpaired) electrons. The predicted octanol–water partition coefficient (Wildman–Crippen LogP) is 3.33. The quantitative estimate of drug-likeness (QED) is 0.316. The maximum atomic E-state index is 13.9. The number of hydrogen-bond acceptors (Lipinski definition) is 7. The molecule has 0 saturated carbocycles. The number of aromatic nitrogens is 1. The van der Waals surface area contributed by atoms with Crippen LogP contribution in [0.3, 0.4) is 0 Å². The number of pyridine rings is 1.